The van der Waals surface area contributed by atoms with Crippen LogP contribution in [0.1, 0.15) is 19.4 Å². The molecule has 0 unspecified atom stereocenters. The lowest BCUT2D eigenvalue weighted by atomic mass is 10.2. The Morgan fingerprint density at radius 2 is 2.00 bits per heavy atom. The molecule has 0 aliphatic rings. The second-order valence-corrected chi connectivity index (χ2v) is 5.59. The minimum absolute atomic E-state index is 0.108. The van der Waals surface area contributed by atoms with Crippen molar-refractivity contribution < 1.29 is 0 Å². The molecular formula is C15H19BrN4O. The smallest absolute Gasteiger partial charge is 0.269 e. The monoisotopic (exact) mass is 350 g/mol. The molecule has 0 aliphatic heterocycles. The van der Waals surface area contributed by atoms with Crippen LogP contribution in [0.4, 0.5) is 11.4 Å². The summed E-state index contributed by atoms with van der Waals surface area (Å²) in [6, 6.07) is 7.16. The number of nitrogens with two attached hydrogens (primary N) is 1. The van der Waals surface area contributed by atoms with Crippen LogP contribution in [0, 0.1) is 0 Å². The zero-order chi connectivity index (χ0) is 15.4. The highest BCUT2D eigenvalue weighted by Crippen LogP contribution is 2.20. The Balaban J connectivity index is 2.27. The van der Waals surface area contributed by atoms with Crippen LogP contribution in [-0.4, -0.2) is 22.9 Å². The molecular weight excluding hydrogens is 332 g/mol. The molecule has 0 spiro atoms. The van der Waals surface area contributed by atoms with Crippen molar-refractivity contribution in [2.24, 2.45) is 0 Å². The zero-order valence-corrected chi connectivity index (χ0v) is 13.8. The van der Waals surface area contributed by atoms with Gasteiger partial charge in [-0.1, -0.05) is 22.0 Å². The van der Waals surface area contributed by atoms with E-state index in [9.17, 15) is 4.79 Å². The van der Waals surface area contributed by atoms with E-state index in [1.807, 2.05) is 18.2 Å². The van der Waals surface area contributed by atoms with E-state index in [1.165, 1.54) is 4.68 Å². The Morgan fingerprint density at radius 1 is 1.29 bits per heavy atom. The normalized spacial score (nSPS) is 10.6. The minimum atomic E-state index is -0.108. The fourth-order valence-electron chi connectivity index (χ4n) is 2.16. The predicted molar refractivity (Wildman–Crippen MR) is 89.7 cm³/mol. The average molecular weight is 351 g/mol. The van der Waals surface area contributed by atoms with Crippen LogP contribution < -0.4 is 16.2 Å². The van der Waals surface area contributed by atoms with Gasteiger partial charge in [-0.3, -0.25) is 4.79 Å². The molecule has 1 aromatic carbocycles. The van der Waals surface area contributed by atoms with Crippen molar-refractivity contribution in [3.63, 3.8) is 0 Å². The molecule has 0 amide bonds. The van der Waals surface area contributed by atoms with Gasteiger partial charge in [-0.05, 0) is 31.5 Å². The number of hydrogen-bond donors (Lipinski definition) is 1. The molecule has 0 radical (unpaired) electrons. The van der Waals surface area contributed by atoms with Gasteiger partial charge in [0.2, 0.25) is 0 Å². The molecule has 2 aromatic rings. The largest absolute Gasteiger partial charge is 0.399 e. The van der Waals surface area contributed by atoms with Gasteiger partial charge in [-0.15, -0.1) is 0 Å². The number of anilines is 2. The summed E-state index contributed by atoms with van der Waals surface area (Å²) in [4.78, 5) is 14.3. The first-order valence-corrected chi connectivity index (χ1v) is 7.70. The van der Waals surface area contributed by atoms with Gasteiger partial charge in [0, 0.05) is 29.3 Å². The highest BCUT2D eigenvalue weighted by molar-refractivity contribution is 9.10. The predicted octanol–water partition coefficient (Wildman–Crippen LogP) is 2.48. The Kier molecular flexibility index (Phi) is 5.01. The van der Waals surface area contributed by atoms with Crippen LogP contribution in [0.15, 0.2) is 39.7 Å². The third kappa shape index (κ3) is 3.64. The maximum atomic E-state index is 12.2. The number of hydrogen-bond acceptors (Lipinski definition) is 4. The van der Waals surface area contributed by atoms with Crippen LogP contribution in [0.25, 0.3) is 0 Å². The van der Waals surface area contributed by atoms with Crippen molar-refractivity contribution >= 4 is 27.3 Å². The second kappa shape index (κ2) is 6.76. The highest BCUT2D eigenvalue weighted by atomic mass is 79.9. The fraction of sp³-hybridized carbons (Fsp3) is 0.333. The first-order valence-electron chi connectivity index (χ1n) is 6.91. The van der Waals surface area contributed by atoms with Crippen LogP contribution in [0.2, 0.25) is 0 Å². The quantitative estimate of drug-likeness (QED) is 0.841. The van der Waals surface area contributed by atoms with Gasteiger partial charge in [-0.25, -0.2) is 4.68 Å². The van der Waals surface area contributed by atoms with E-state index >= 15 is 0 Å². The fourth-order valence-corrected chi connectivity index (χ4v) is 2.68. The van der Waals surface area contributed by atoms with Gasteiger partial charge in [0.15, 0.2) is 0 Å². The highest BCUT2D eigenvalue weighted by Gasteiger charge is 2.07. The summed E-state index contributed by atoms with van der Waals surface area (Å²) < 4.78 is 2.33. The van der Waals surface area contributed by atoms with Crippen LogP contribution in [0.5, 0.6) is 0 Å². The van der Waals surface area contributed by atoms with Gasteiger partial charge in [0.1, 0.15) is 0 Å². The number of halogens is 1. The SMILES string of the molecule is CCN(CC)c1cnn(Cc2ccc(N)cc2Br)c(=O)c1. The zero-order valence-electron chi connectivity index (χ0n) is 12.2. The first-order chi connectivity index (χ1) is 10.0. The van der Waals surface area contributed by atoms with E-state index in [2.05, 4.69) is 39.8 Å². The molecule has 0 bridgehead atoms. The first kappa shape index (κ1) is 15.6. The van der Waals surface area contributed by atoms with Crippen LogP contribution >= 0.6 is 15.9 Å². The van der Waals surface area contributed by atoms with E-state index in [1.54, 1.807) is 12.3 Å². The van der Waals surface area contributed by atoms with E-state index in [0.29, 0.717) is 12.2 Å². The summed E-state index contributed by atoms with van der Waals surface area (Å²) in [6.07, 6.45) is 1.74. The number of nitrogen functional groups attached to an aromatic ring is 1. The number of aromatic nitrogens is 2. The molecule has 1 heterocycles. The van der Waals surface area contributed by atoms with Gasteiger partial charge in [-0.2, -0.15) is 5.10 Å². The maximum Gasteiger partial charge on any atom is 0.269 e. The molecule has 112 valence electrons. The summed E-state index contributed by atoms with van der Waals surface area (Å²) in [6.45, 7) is 6.23. The summed E-state index contributed by atoms with van der Waals surface area (Å²) >= 11 is 3.46. The molecule has 2 rings (SSSR count). The Morgan fingerprint density at radius 3 is 2.57 bits per heavy atom. The average Bonchev–Trinajstić information content (AvgIpc) is 2.45. The molecule has 0 atom stereocenters. The molecule has 6 heteroatoms. The van der Waals surface area contributed by atoms with E-state index in [0.717, 1.165) is 28.8 Å². The van der Waals surface area contributed by atoms with E-state index in [-0.39, 0.29) is 5.56 Å². The molecule has 0 fully saturated rings. The third-order valence-corrected chi connectivity index (χ3v) is 4.12. The molecule has 0 saturated carbocycles. The molecule has 21 heavy (non-hydrogen) atoms. The lowest BCUT2D eigenvalue weighted by molar-refractivity contribution is 0.635. The Bertz CT molecular complexity index is 680. The lowest BCUT2D eigenvalue weighted by Crippen LogP contribution is -2.28. The third-order valence-electron chi connectivity index (χ3n) is 3.38. The number of benzene rings is 1. The Labute approximate surface area is 132 Å². The molecule has 1 aromatic heterocycles. The summed E-state index contributed by atoms with van der Waals surface area (Å²) in [5.41, 5.74) is 8.12. The molecule has 5 nitrogen and oxygen atoms in total. The molecule has 0 saturated heterocycles. The van der Waals surface area contributed by atoms with Crippen molar-refractivity contribution in [1.82, 2.24) is 9.78 Å². The number of nitrogens with zero attached hydrogens (tertiary/aromatic N) is 3. The van der Waals surface area contributed by atoms with Crippen molar-refractivity contribution in [2.45, 2.75) is 20.4 Å². The van der Waals surface area contributed by atoms with Crippen molar-refractivity contribution in [3.05, 3.63) is 50.9 Å². The lowest BCUT2D eigenvalue weighted by Gasteiger charge is -2.20. The summed E-state index contributed by atoms with van der Waals surface area (Å²) in [5, 5.41) is 4.26. The minimum Gasteiger partial charge on any atom is -0.399 e. The van der Waals surface area contributed by atoms with Crippen LogP contribution in [-0.2, 0) is 6.54 Å². The van der Waals surface area contributed by atoms with Crippen molar-refractivity contribution in [3.8, 4) is 0 Å². The number of rotatable bonds is 5. The van der Waals surface area contributed by atoms with Gasteiger partial charge in [0.25, 0.3) is 5.56 Å². The maximum absolute atomic E-state index is 12.2. The summed E-state index contributed by atoms with van der Waals surface area (Å²) in [7, 11) is 0. The standard InChI is InChI=1S/C15H19BrN4O/c1-3-19(4-2)13-8-15(21)20(18-9-13)10-11-5-6-12(17)7-14(11)16/h5-9H,3-4,10,17H2,1-2H3. The summed E-state index contributed by atoms with van der Waals surface area (Å²) in [5.74, 6) is 0. The molecule has 2 N–H and O–H groups in total. The van der Waals surface area contributed by atoms with Crippen molar-refractivity contribution in [2.75, 3.05) is 23.7 Å². The van der Waals surface area contributed by atoms with E-state index < -0.39 is 0 Å². The molecule has 0 aliphatic carbocycles. The van der Waals surface area contributed by atoms with Crippen molar-refractivity contribution in [1.29, 1.82) is 0 Å². The van der Waals surface area contributed by atoms with E-state index in [4.69, 9.17) is 5.73 Å². The topological polar surface area (TPSA) is 64.2 Å². The Hall–Kier alpha value is -1.82. The second-order valence-electron chi connectivity index (χ2n) is 4.73. The van der Waals surface area contributed by atoms with Gasteiger partial charge >= 0.3 is 0 Å². The van der Waals surface area contributed by atoms with Crippen LogP contribution in [0.3, 0.4) is 0 Å². The van der Waals surface area contributed by atoms with Gasteiger partial charge < -0.3 is 10.6 Å². The van der Waals surface area contributed by atoms with Gasteiger partial charge in [0.05, 0.1) is 18.4 Å².